The number of thiocarbonyl (C=S) groups is 1. The van der Waals surface area contributed by atoms with Crippen molar-refractivity contribution in [1.82, 2.24) is 10.2 Å². The van der Waals surface area contributed by atoms with Gasteiger partial charge < -0.3 is 19.9 Å². The van der Waals surface area contributed by atoms with Gasteiger partial charge in [-0.1, -0.05) is 30.1 Å². The molecule has 2 aromatic carbocycles. The number of halogens is 2. The van der Waals surface area contributed by atoms with Gasteiger partial charge in [0.1, 0.15) is 0 Å². The molecule has 1 aliphatic heterocycles. The Bertz CT molecular complexity index is 1040. The number of benzene rings is 2. The first-order chi connectivity index (χ1) is 15.8. The molecule has 3 rings (SSSR count). The van der Waals surface area contributed by atoms with Gasteiger partial charge in [0.05, 0.1) is 34.1 Å². The van der Waals surface area contributed by atoms with Crippen molar-refractivity contribution >= 4 is 63.8 Å². The van der Waals surface area contributed by atoms with Crippen LogP contribution in [-0.4, -0.2) is 61.2 Å². The second kappa shape index (κ2) is 11.7. The molecule has 2 N–H and O–H groups in total. The van der Waals surface area contributed by atoms with Crippen molar-refractivity contribution in [3.05, 3.63) is 57.6 Å². The molecular weight excluding hydrogens is 483 g/mol. The van der Waals surface area contributed by atoms with E-state index in [1.807, 2.05) is 6.07 Å². The average molecular weight is 509 g/mol. The molecule has 176 valence electrons. The van der Waals surface area contributed by atoms with E-state index in [2.05, 4.69) is 27.4 Å². The van der Waals surface area contributed by atoms with Crippen molar-refractivity contribution in [3.8, 4) is 0 Å². The SMILES string of the molecule is CCOC(=O)c1ccc(N2CCN(CC)CC2)c(NC(=S)NC(=O)c2cc(Cl)ccc2Cl)c1. The van der Waals surface area contributed by atoms with Crippen LogP contribution in [0, 0.1) is 0 Å². The van der Waals surface area contributed by atoms with Gasteiger partial charge in [-0.2, -0.15) is 0 Å². The lowest BCUT2D eigenvalue weighted by atomic mass is 10.1. The van der Waals surface area contributed by atoms with Crippen molar-refractivity contribution < 1.29 is 14.3 Å². The maximum absolute atomic E-state index is 12.7. The van der Waals surface area contributed by atoms with Crippen molar-refractivity contribution in [2.75, 3.05) is 49.5 Å². The van der Waals surface area contributed by atoms with Crippen LogP contribution in [0.5, 0.6) is 0 Å². The summed E-state index contributed by atoms with van der Waals surface area (Å²) in [6.45, 7) is 8.71. The van der Waals surface area contributed by atoms with E-state index >= 15 is 0 Å². The van der Waals surface area contributed by atoms with E-state index in [9.17, 15) is 9.59 Å². The van der Waals surface area contributed by atoms with Crippen LogP contribution < -0.4 is 15.5 Å². The number of piperazine rings is 1. The molecule has 0 bridgehead atoms. The quantitative estimate of drug-likeness (QED) is 0.441. The topological polar surface area (TPSA) is 73.9 Å². The summed E-state index contributed by atoms with van der Waals surface area (Å²) < 4.78 is 5.13. The Kier molecular flexibility index (Phi) is 8.91. The van der Waals surface area contributed by atoms with Gasteiger partial charge in [0.15, 0.2) is 5.11 Å². The molecule has 1 heterocycles. The third kappa shape index (κ3) is 6.57. The van der Waals surface area contributed by atoms with Gasteiger partial charge in [0.2, 0.25) is 0 Å². The van der Waals surface area contributed by atoms with Crippen LogP contribution in [0.1, 0.15) is 34.6 Å². The summed E-state index contributed by atoms with van der Waals surface area (Å²) in [5.74, 6) is -0.914. The number of nitrogens with one attached hydrogen (secondary N) is 2. The number of carbonyl (C=O) groups is 2. The number of carbonyl (C=O) groups excluding carboxylic acids is 2. The molecule has 33 heavy (non-hydrogen) atoms. The maximum atomic E-state index is 12.7. The minimum Gasteiger partial charge on any atom is -0.462 e. The van der Waals surface area contributed by atoms with Crippen LogP contribution >= 0.6 is 35.4 Å². The number of ether oxygens (including phenoxy) is 1. The number of likely N-dealkylation sites (N-methyl/N-ethyl adjacent to an activating group) is 1. The highest BCUT2D eigenvalue weighted by atomic mass is 35.5. The van der Waals surface area contributed by atoms with Gasteiger partial charge >= 0.3 is 5.97 Å². The van der Waals surface area contributed by atoms with Crippen LogP contribution in [0.15, 0.2) is 36.4 Å². The van der Waals surface area contributed by atoms with Crippen LogP contribution in [-0.2, 0) is 4.74 Å². The standard InChI is InChI=1S/C23H26Cl2N4O3S/c1-3-28-9-11-29(12-10-28)20-8-5-15(22(31)32-4-2)13-19(20)26-23(33)27-21(30)17-14-16(24)6-7-18(17)25/h5-8,13-14H,3-4,9-12H2,1-2H3,(H2,26,27,30,33). The molecule has 7 nitrogen and oxygen atoms in total. The molecule has 1 fully saturated rings. The molecule has 1 saturated heterocycles. The van der Waals surface area contributed by atoms with Gasteiger partial charge in [-0.25, -0.2) is 4.79 Å². The van der Waals surface area contributed by atoms with Crippen molar-refractivity contribution in [2.45, 2.75) is 13.8 Å². The summed E-state index contributed by atoms with van der Waals surface area (Å²) in [6, 6.07) is 9.91. The average Bonchev–Trinajstić information content (AvgIpc) is 2.80. The summed E-state index contributed by atoms with van der Waals surface area (Å²) in [6.07, 6.45) is 0. The fourth-order valence-corrected chi connectivity index (χ4v) is 4.13. The molecule has 0 spiro atoms. The molecule has 2 aromatic rings. The Morgan fingerprint density at radius 1 is 1.06 bits per heavy atom. The summed E-state index contributed by atoms with van der Waals surface area (Å²) in [4.78, 5) is 29.5. The first-order valence-corrected chi connectivity index (χ1v) is 11.8. The zero-order chi connectivity index (χ0) is 24.0. The summed E-state index contributed by atoms with van der Waals surface area (Å²) in [7, 11) is 0. The molecule has 0 saturated carbocycles. The maximum Gasteiger partial charge on any atom is 0.338 e. The molecule has 1 aliphatic rings. The number of amides is 1. The van der Waals surface area contributed by atoms with Gasteiger partial charge in [-0.05, 0) is 62.1 Å². The second-order valence-electron chi connectivity index (χ2n) is 7.41. The molecular formula is C23H26Cl2N4O3S. The van der Waals surface area contributed by atoms with Gasteiger partial charge in [0, 0.05) is 31.2 Å². The van der Waals surface area contributed by atoms with E-state index in [0.717, 1.165) is 38.4 Å². The third-order valence-corrected chi connectivity index (χ3v) is 6.08. The zero-order valence-electron chi connectivity index (χ0n) is 18.5. The van der Waals surface area contributed by atoms with E-state index in [1.165, 1.54) is 6.07 Å². The van der Waals surface area contributed by atoms with E-state index < -0.39 is 11.9 Å². The van der Waals surface area contributed by atoms with Crippen molar-refractivity contribution in [1.29, 1.82) is 0 Å². The number of anilines is 2. The number of nitrogens with zero attached hydrogens (tertiary/aromatic N) is 2. The molecule has 1 amide bonds. The Labute approximate surface area is 209 Å². The highest BCUT2D eigenvalue weighted by Gasteiger charge is 2.21. The minimum atomic E-state index is -0.486. The predicted octanol–water partition coefficient (Wildman–Crippen LogP) is 4.44. The lowest BCUT2D eigenvalue weighted by Crippen LogP contribution is -2.46. The van der Waals surface area contributed by atoms with Gasteiger partial charge in [-0.15, -0.1) is 0 Å². The summed E-state index contributed by atoms with van der Waals surface area (Å²) >= 11 is 17.5. The van der Waals surface area contributed by atoms with E-state index in [1.54, 1.807) is 31.2 Å². The highest BCUT2D eigenvalue weighted by Crippen LogP contribution is 2.29. The molecule has 0 radical (unpaired) electrons. The number of hydrogen-bond donors (Lipinski definition) is 2. The fourth-order valence-electron chi connectivity index (χ4n) is 3.55. The Balaban J connectivity index is 1.81. The van der Waals surface area contributed by atoms with Crippen molar-refractivity contribution in [2.24, 2.45) is 0 Å². The lowest BCUT2D eigenvalue weighted by molar-refractivity contribution is 0.0526. The van der Waals surface area contributed by atoms with Crippen LogP contribution in [0.25, 0.3) is 0 Å². The number of hydrogen-bond acceptors (Lipinski definition) is 6. The highest BCUT2D eigenvalue weighted by molar-refractivity contribution is 7.80. The molecule has 10 heteroatoms. The van der Waals surface area contributed by atoms with Gasteiger partial charge in [-0.3, -0.25) is 10.1 Å². The predicted molar refractivity (Wildman–Crippen MR) is 137 cm³/mol. The normalized spacial score (nSPS) is 14.0. The molecule has 0 atom stereocenters. The van der Waals surface area contributed by atoms with Crippen LogP contribution in [0.2, 0.25) is 10.0 Å². The Hall–Kier alpha value is -2.39. The lowest BCUT2D eigenvalue weighted by Gasteiger charge is -2.36. The third-order valence-electron chi connectivity index (χ3n) is 5.32. The fraction of sp³-hybridized carbons (Fsp3) is 0.348. The van der Waals surface area contributed by atoms with Gasteiger partial charge in [0.25, 0.3) is 5.91 Å². The van der Waals surface area contributed by atoms with E-state index in [-0.39, 0.29) is 22.3 Å². The summed E-state index contributed by atoms with van der Waals surface area (Å²) in [5, 5.41) is 6.42. The zero-order valence-corrected chi connectivity index (χ0v) is 20.8. The van der Waals surface area contributed by atoms with E-state index in [0.29, 0.717) is 16.3 Å². The molecule has 0 aliphatic carbocycles. The monoisotopic (exact) mass is 508 g/mol. The van der Waals surface area contributed by atoms with Crippen molar-refractivity contribution in [3.63, 3.8) is 0 Å². The Morgan fingerprint density at radius 3 is 2.45 bits per heavy atom. The van der Waals surface area contributed by atoms with Crippen LogP contribution in [0.3, 0.4) is 0 Å². The molecule has 0 unspecified atom stereocenters. The first kappa shape index (κ1) is 25.2. The number of rotatable bonds is 6. The first-order valence-electron chi connectivity index (χ1n) is 10.7. The second-order valence-corrected chi connectivity index (χ2v) is 8.66. The smallest absolute Gasteiger partial charge is 0.338 e. The van der Waals surface area contributed by atoms with Crippen LogP contribution in [0.4, 0.5) is 11.4 Å². The minimum absolute atomic E-state index is 0.0745. The molecule has 0 aromatic heterocycles. The number of esters is 1. The largest absolute Gasteiger partial charge is 0.462 e. The Morgan fingerprint density at radius 2 is 1.79 bits per heavy atom. The van der Waals surface area contributed by atoms with E-state index in [4.69, 9.17) is 40.2 Å². The summed E-state index contributed by atoms with van der Waals surface area (Å²) in [5.41, 5.74) is 2.09.